The molecule has 158 valence electrons. The molecule has 1 atom stereocenters. The van der Waals surface area contributed by atoms with Gasteiger partial charge in [-0.25, -0.2) is 4.79 Å². The van der Waals surface area contributed by atoms with E-state index in [1.807, 2.05) is 19.1 Å². The number of Topliss-reactive ketones (excluding diaryl/α,β-unsaturated/α-hetero) is 1. The molecule has 0 unspecified atom stereocenters. The third-order valence-corrected chi connectivity index (χ3v) is 7.06. The second kappa shape index (κ2) is 7.76. The van der Waals surface area contributed by atoms with Crippen molar-refractivity contribution in [2.24, 2.45) is 0 Å². The van der Waals surface area contributed by atoms with E-state index in [0.29, 0.717) is 29.1 Å². The first kappa shape index (κ1) is 19.7. The predicted octanol–water partition coefficient (Wildman–Crippen LogP) is 4.63. The molecule has 0 amide bonds. The highest BCUT2D eigenvalue weighted by Gasteiger charge is 2.41. The van der Waals surface area contributed by atoms with Crippen molar-refractivity contribution in [1.82, 2.24) is 5.32 Å². The molecule has 1 aromatic carbocycles. The lowest BCUT2D eigenvalue weighted by molar-refractivity contribution is -0.144. The van der Waals surface area contributed by atoms with Gasteiger partial charge in [0.05, 0.1) is 5.57 Å². The van der Waals surface area contributed by atoms with Gasteiger partial charge in [0.25, 0.3) is 0 Å². The Morgan fingerprint density at radius 1 is 1.13 bits per heavy atom. The van der Waals surface area contributed by atoms with E-state index in [-0.39, 0.29) is 24.6 Å². The smallest absolute Gasteiger partial charge is 0.337 e. The highest BCUT2D eigenvalue weighted by Crippen LogP contribution is 2.48. The highest BCUT2D eigenvalue weighted by atomic mass is 79.9. The molecule has 0 aromatic heterocycles. The Kier molecular flexibility index (Phi) is 5.09. The van der Waals surface area contributed by atoms with Gasteiger partial charge in [-0.05, 0) is 63.1 Å². The van der Waals surface area contributed by atoms with Crippen LogP contribution in [-0.4, -0.2) is 24.6 Å². The molecule has 1 fully saturated rings. The van der Waals surface area contributed by atoms with E-state index in [4.69, 9.17) is 14.2 Å². The molecule has 5 rings (SSSR count). The Morgan fingerprint density at radius 2 is 1.87 bits per heavy atom. The highest BCUT2D eigenvalue weighted by molar-refractivity contribution is 9.10. The van der Waals surface area contributed by atoms with Gasteiger partial charge in [0, 0.05) is 33.8 Å². The summed E-state index contributed by atoms with van der Waals surface area (Å²) in [7, 11) is 0. The van der Waals surface area contributed by atoms with E-state index in [2.05, 4.69) is 21.2 Å². The Balaban J connectivity index is 1.61. The third-order valence-electron chi connectivity index (χ3n) is 6.37. The van der Waals surface area contributed by atoms with Crippen molar-refractivity contribution in [3.63, 3.8) is 0 Å². The average molecular weight is 474 g/mol. The number of carbonyl (C=O) groups excluding carboxylic acids is 2. The minimum atomic E-state index is -0.494. The number of benzene rings is 1. The van der Waals surface area contributed by atoms with Crippen molar-refractivity contribution in [2.45, 2.75) is 63.9 Å². The van der Waals surface area contributed by atoms with Crippen molar-refractivity contribution in [3.05, 3.63) is 44.7 Å². The minimum Gasteiger partial charge on any atom is -0.459 e. The summed E-state index contributed by atoms with van der Waals surface area (Å²) in [4.78, 5) is 26.4. The number of allylic oxidation sites excluding steroid dienone is 3. The number of carbonyl (C=O) groups is 2. The van der Waals surface area contributed by atoms with Gasteiger partial charge in [0.2, 0.25) is 6.79 Å². The topological polar surface area (TPSA) is 73.9 Å². The van der Waals surface area contributed by atoms with Gasteiger partial charge in [-0.3, -0.25) is 4.79 Å². The van der Waals surface area contributed by atoms with Gasteiger partial charge in [-0.2, -0.15) is 0 Å². The van der Waals surface area contributed by atoms with Gasteiger partial charge in [-0.1, -0.05) is 15.9 Å². The molecule has 4 aliphatic rings. The fourth-order valence-corrected chi connectivity index (χ4v) is 5.49. The molecule has 0 bridgehead atoms. The number of dihydropyridines is 1. The maximum absolute atomic E-state index is 13.3. The number of rotatable bonds is 3. The van der Waals surface area contributed by atoms with Crippen molar-refractivity contribution >= 4 is 27.7 Å². The molecule has 0 radical (unpaired) electrons. The molecule has 0 spiro atoms. The summed E-state index contributed by atoms with van der Waals surface area (Å²) in [5, 5.41) is 3.34. The summed E-state index contributed by atoms with van der Waals surface area (Å²) >= 11 is 3.64. The quantitative estimate of drug-likeness (QED) is 0.644. The Bertz CT molecular complexity index is 990. The van der Waals surface area contributed by atoms with Crippen LogP contribution in [0.4, 0.5) is 0 Å². The van der Waals surface area contributed by atoms with Crippen LogP contribution in [0, 0.1) is 0 Å². The number of fused-ring (bicyclic) bond motifs is 1. The van der Waals surface area contributed by atoms with Crippen molar-refractivity contribution in [3.8, 4) is 11.5 Å². The first-order valence-corrected chi connectivity index (χ1v) is 11.4. The summed E-state index contributed by atoms with van der Waals surface area (Å²) in [5.74, 6) is 0.521. The fourth-order valence-electron chi connectivity index (χ4n) is 4.94. The molecule has 2 aliphatic carbocycles. The van der Waals surface area contributed by atoms with Gasteiger partial charge in [-0.15, -0.1) is 0 Å². The maximum atomic E-state index is 13.3. The van der Waals surface area contributed by atoms with Gasteiger partial charge in [0.1, 0.15) is 6.10 Å². The van der Waals surface area contributed by atoms with Gasteiger partial charge >= 0.3 is 5.97 Å². The van der Waals surface area contributed by atoms with Crippen molar-refractivity contribution in [1.29, 1.82) is 0 Å². The lowest BCUT2D eigenvalue weighted by Crippen LogP contribution is -2.35. The van der Waals surface area contributed by atoms with Gasteiger partial charge < -0.3 is 19.5 Å². The van der Waals surface area contributed by atoms with Gasteiger partial charge in [0.15, 0.2) is 17.3 Å². The zero-order chi connectivity index (χ0) is 20.8. The first-order chi connectivity index (χ1) is 14.5. The standard InChI is InChI=1S/C23H24BrNO5/c1-12-20(23(27)30-13-5-2-3-6-13)21(22-16(25-12)7-4-8-17(22)26)14-9-18-19(10-15(14)24)29-11-28-18/h9-10,13,21,25H,2-8,11H2,1H3/t21-/m0/s1. The predicted molar refractivity (Wildman–Crippen MR) is 113 cm³/mol. The summed E-state index contributed by atoms with van der Waals surface area (Å²) in [6, 6.07) is 3.73. The van der Waals surface area contributed by atoms with E-state index in [1.165, 1.54) is 0 Å². The molecular weight excluding hydrogens is 450 g/mol. The molecule has 1 saturated carbocycles. The molecule has 7 heteroatoms. The number of hydrogen-bond donors (Lipinski definition) is 1. The summed E-state index contributed by atoms with van der Waals surface area (Å²) in [6.07, 6.45) is 6.02. The fraction of sp³-hybridized carbons (Fsp3) is 0.478. The largest absolute Gasteiger partial charge is 0.459 e. The van der Waals surface area contributed by atoms with Crippen LogP contribution in [0.15, 0.2) is 39.1 Å². The third kappa shape index (κ3) is 3.33. The summed E-state index contributed by atoms with van der Waals surface area (Å²) in [6.45, 7) is 2.05. The molecule has 0 saturated heterocycles. The first-order valence-electron chi connectivity index (χ1n) is 10.6. The maximum Gasteiger partial charge on any atom is 0.337 e. The molecule has 30 heavy (non-hydrogen) atoms. The molecule has 6 nitrogen and oxygen atoms in total. The second-order valence-electron chi connectivity index (χ2n) is 8.30. The monoisotopic (exact) mass is 473 g/mol. The number of esters is 1. The Labute approximate surface area is 183 Å². The van der Waals surface area contributed by atoms with Crippen LogP contribution < -0.4 is 14.8 Å². The van der Waals surface area contributed by atoms with Crippen LogP contribution in [0.2, 0.25) is 0 Å². The molecule has 2 aliphatic heterocycles. The number of ether oxygens (including phenoxy) is 3. The van der Waals surface area contributed by atoms with Crippen LogP contribution in [0.1, 0.15) is 63.4 Å². The van der Waals surface area contributed by atoms with Crippen LogP contribution in [0.3, 0.4) is 0 Å². The number of nitrogens with one attached hydrogen (secondary N) is 1. The number of ketones is 1. The normalized spacial score (nSPS) is 23.5. The van der Waals surface area contributed by atoms with E-state index < -0.39 is 5.92 Å². The van der Waals surface area contributed by atoms with Crippen LogP contribution in [0.5, 0.6) is 11.5 Å². The van der Waals surface area contributed by atoms with Crippen molar-refractivity contribution < 1.29 is 23.8 Å². The lowest BCUT2D eigenvalue weighted by atomic mass is 9.75. The lowest BCUT2D eigenvalue weighted by Gasteiger charge is -2.35. The molecular formula is C23H24BrNO5. The summed E-state index contributed by atoms with van der Waals surface area (Å²) in [5.41, 5.74) is 3.67. The van der Waals surface area contributed by atoms with Crippen LogP contribution in [-0.2, 0) is 14.3 Å². The van der Waals surface area contributed by atoms with Crippen molar-refractivity contribution in [2.75, 3.05) is 6.79 Å². The molecule has 2 heterocycles. The SMILES string of the molecule is CC1=C(C(=O)OC2CCCC2)[C@H](c2cc3c(cc2Br)OCO3)C2=C(CCCC2=O)N1. The van der Waals surface area contributed by atoms with E-state index in [1.54, 1.807) is 0 Å². The van der Waals surface area contributed by atoms with E-state index >= 15 is 0 Å². The van der Waals surface area contributed by atoms with Crippen LogP contribution in [0.25, 0.3) is 0 Å². The zero-order valence-corrected chi connectivity index (χ0v) is 18.5. The Hall–Kier alpha value is -2.28. The zero-order valence-electron chi connectivity index (χ0n) is 16.9. The Morgan fingerprint density at radius 3 is 2.63 bits per heavy atom. The van der Waals surface area contributed by atoms with E-state index in [9.17, 15) is 9.59 Å². The van der Waals surface area contributed by atoms with Crippen LogP contribution >= 0.6 is 15.9 Å². The number of halogens is 1. The molecule has 1 N–H and O–H groups in total. The second-order valence-corrected chi connectivity index (χ2v) is 9.16. The number of hydrogen-bond acceptors (Lipinski definition) is 6. The summed E-state index contributed by atoms with van der Waals surface area (Å²) < 4.78 is 17.7. The minimum absolute atomic E-state index is 0.0453. The van der Waals surface area contributed by atoms with E-state index in [0.717, 1.165) is 60.0 Å². The average Bonchev–Trinajstić information content (AvgIpc) is 3.38. The molecule has 1 aromatic rings.